The number of piperidine rings is 1. The van der Waals surface area contributed by atoms with Gasteiger partial charge in [-0.25, -0.2) is 0 Å². The first-order valence-electron chi connectivity index (χ1n) is 6.28. The van der Waals surface area contributed by atoms with Gasteiger partial charge in [-0.05, 0) is 38.1 Å². The summed E-state index contributed by atoms with van der Waals surface area (Å²) in [4.78, 5) is 2.63. The lowest BCUT2D eigenvalue weighted by molar-refractivity contribution is 0.0485. The molecule has 0 bridgehead atoms. The lowest BCUT2D eigenvalue weighted by atomic mass is 9.78. The number of likely N-dealkylation sites (tertiary alicyclic amines) is 1. The highest BCUT2D eigenvalue weighted by molar-refractivity contribution is 7.34. The summed E-state index contributed by atoms with van der Waals surface area (Å²) in [5.41, 5.74) is 0.540. The highest BCUT2D eigenvalue weighted by Crippen LogP contribution is 2.38. The molecule has 4 heteroatoms. The van der Waals surface area contributed by atoms with Crippen molar-refractivity contribution in [2.24, 2.45) is 5.92 Å². The highest BCUT2D eigenvalue weighted by atomic mass is 35.7. The Morgan fingerprint density at radius 1 is 1.13 bits per heavy atom. The van der Waals surface area contributed by atoms with Gasteiger partial charge in [-0.3, -0.25) is 4.90 Å². The van der Waals surface area contributed by atoms with E-state index >= 15 is 0 Å². The van der Waals surface area contributed by atoms with Crippen LogP contribution in [0.1, 0.15) is 45.4 Å². The average molecular weight is 266 g/mol. The molecule has 88 valence electrons. The van der Waals surface area contributed by atoms with Gasteiger partial charge in [-0.15, -0.1) is 22.2 Å². The second kappa shape index (κ2) is 5.39. The Balaban J connectivity index is 2.07. The van der Waals surface area contributed by atoms with Gasteiger partial charge in [0, 0.05) is 11.7 Å². The first-order chi connectivity index (χ1) is 7.24. The Morgan fingerprint density at radius 3 is 2.53 bits per heavy atom. The van der Waals surface area contributed by atoms with Crippen LogP contribution in [0.2, 0.25) is 0 Å². The summed E-state index contributed by atoms with van der Waals surface area (Å²) in [6.45, 7) is 3.39. The SMILES string of the molecule is CCN1C2CCCCC2CCC1[SiH](Cl)Cl. The summed E-state index contributed by atoms with van der Waals surface area (Å²) < 4.78 is 0. The van der Waals surface area contributed by atoms with Gasteiger partial charge in [0.2, 0.25) is 0 Å². The van der Waals surface area contributed by atoms with Gasteiger partial charge in [0.25, 0.3) is 7.42 Å². The van der Waals surface area contributed by atoms with Crippen LogP contribution in [0.25, 0.3) is 0 Å². The molecule has 1 heterocycles. The van der Waals surface area contributed by atoms with E-state index in [0.717, 1.165) is 18.5 Å². The van der Waals surface area contributed by atoms with Crippen molar-refractivity contribution in [2.45, 2.75) is 57.2 Å². The van der Waals surface area contributed by atoms with Crippen LogP contribution in [-0.2, 0) is 0 Å². The van der Waals surface area contributed by atoms with Crippen LogP contribution in [0.15, 0.2) is 0 Å². The van der Waals surface area contributed by atoms with E-state index in [1.165, 1.54) is 38.5 Å². The molecule has 1 nitrogen and oxygen atoms in total. The third-order valence-electron chi connectivity index (χ3n) is 4.21. The van der Waals surface area contributed by atoms with E-state index in [-0.39, 0.29) is 0 Å². The molecule has 3 atom stereocenters. The summed E-state index contributed by atoms with van der Waals surface area (Å²) >= 11 is 12.4. The number of hydrogen-bond donors (Lipinski definition) is 0. The van der Waals surface area contributed by atoms with Crippen molar-refractivity contribution in [3.05, 3.63) is 0 Å². The van der Waals surface area contributed by atoms with Crippen LogP contribution in [0, 0.1) is 5.92 Å². The normalized spacial score (nSPS) is 38.0. The minimum absolute atomic E-state index is 0.540. The van der Waals surface area contributed by atoms with Crippen molar-refractivity contribution in [3.63, 3.8) is 0 Å². The molecule has 2 fully saturated rings. The molecule has 2 aliphatic rings. The molecule has 2 rings (SSSR count). The Morgan fingerprint density at radius 2 is 1.87 bits per heavy atom. The number of fused-ring (bicyclic) bond motifs is 1. The van der Waals surface area contributed by atoms with E-state index < -0.39 is 7.42 Å². The largest absolute Gasteiger partial charge is 0.298 e. The van der Waals surface area contributed by atoms with Gasteiger partial charge in [0.05, 0.1) is 0 Å². The third kappa shape index (κ3) is 2.54. The van der Waals surface area contributed by atoms with Crippen LogP contribution in [0.5, 0.6) is 0 Å². The average Bonchev–Trinajstić information content (AvgIpc) is 2.27. The molecule has 1 aliphatic heterocycles. The van der Waals surface area contributed by atoms with Crippen LogP contribution >= 0.6 is 22.2 Å². The molecule has 0 spiro atoms. The number of halogens is 2. The van der Waals surface area contributed by atoms with Crippen molar-refractivity contribution >= 4 is 29.6 Å². The summed E-state index contributed by atoms with van der Waals surface area (Å²) in [6, 6.07) is 0.801. The van der Waals surface area contributed by atoms with Crippen LogP contribution in [0.4, 0.5) is 0 Å². The molecule has 3 unspecified atom stereocenters. The van der Waals surface area contributed by atoms with Crippen molar-refractivity contribution in [3.8, 4) is 0 Å². The topological polar surface area (TPSA) is 3.24 Å². The highest BCUT2D eigenvalue weighted by Gasteiger charge is 2.40. The van der Waals surface area contributed by atoms with Crippen LogP contribution < -0.4 is 0 Å². The Kier molecular flexibility index (Phi) is 4.39. The predicted molar refractivity (Wildman–Crippen MR) is 70.0 cm³/mol. The minimum Gasteiger partial charge on any atom is -0.298 e. The molecule has 0 N–H and O–H groups in total. The Labute approximate surface area is 104 Å². The van der Waals surface area contributed by atoms with E-state index in [1.54, 1.807) is 0 Å². The van der Waals surface area contributed by atoms with Gasteiger partial charge in [-0.2, -0.15) is 0 Å². The standard InChI is InChI=1S/C11H21Cl2NSi/c1-2-14-10-6-4-3-5-9(10)7-8-11(14)15(12)13/h9-11,15H,2-8H2,1H3. The molecule has 1 aliphatic carbocycles. The molecule has 0 aromatic rings. The molecule has 0 amide bonds. The summed E-state index contributed by atoms with van der Waals surface area (Å²) in [5.74, 6) is 0.941. The molecule has 1 saturated carbocycles. The summed E-state index contributed by atoms with van der Waals surface area (Å²) in [5, 5.41) is 0. The molecule has 0 radical (unpaired) electrons. The monoisotopic (exact) mass is 265 g/mol. The van der Waals surface area contributed by atoms with Gasteiger partial charge < -0.3 is 0 Å². The quantitative estimate of drug-likeness (QED) is 0.547. The fourth-order valence-corrected chi connectivity index (χ4v) is 6.29. The molecular formula is C11H21Cl2NSi. The van der Waals surface area contributed by atoms with Crippen molar-refractivity contribution in [1.29, 1.82) is 0 Å². The maximum Gasteiger partial charge on any atom is 0.253 e. The lowest BCUT2D eigenvalue weighted by Crippen LogP contribution is -2.55. The summed E-state index contributed by atoms with van der Waals surface area (Å²) in [7, 11) is -1.52. The molecule has 0 aromatic carbocycles. The molecule has 15 heavy (non-hydrogen) atoms. The minimum atomic E-state index is -1.52. The van der Waals surface area contributed by atoms with Crippen molar-refractivity contribution in [2.75, 3.05) is 6.54 Å². The zero-order chi connectivity index (χ0) is 10.8. The number of nitrogens with zero attached hydrogens (tertiary/aromatic N) is 1. The van der Waals surface area contributed by atoms with E-state index in [0.29, 0.717) is 5.67 Å². The fourth-order valence-electron chi connectivity index (χ4n) is 3.50. The van der Waals surface area contributed by atoms with E-state index in [4.69, 9.17) is 22.2 Å². The Hall–Kier alpha value is 0.757. The fraction of sp³-hybridized carbons (Fsp3) is 1.00. The van der Waals surface area contributed by atoms with E-state index in [2.05, 4.69) is 11.8 Å². The molecular weight excluding hydrogens is 245 g/mol. The van der Waals surface area contributed by atoms with Crippen molar-refractivity contribution < 1.29 is 0 Å². The lowest BCUT2D eigenvalue weighted by Gasteiger charge is -2.48. The first-order valence-corrected chi connectivity index (χ1v) is 10.4. The zero-order valence-electron chi connectivity index (χ0n) is 9.46. The number of hydrogen-bond acceptors (Lipinski definition) is 1. The Bertz CT molecular complexity index is 213. The maximum atomic E-state index is 6.22. The van der Waals surface area contributed by atoms with Crippen molar-refractivity contribution in [1.82, 2.24) is 4.90 Å². The van der Waals surface area contributed by atoms with Gasteiger partial charge in [0.1, 0.15) is 0 Å². The maximum absolute atomic E-state index is 6.22. The van der Waals surface area contributed by atoms with Gasteiger partial charge in [-0.1, -0.05) is 19.8 Å². The van der Waals surface area contributed by atoms with Crippen LogP contribution in [-0.4, -0.2) is 30.6 Å². The number of rotatable bonds is 2. The zero-order valence-corrected chi connectivity index (χ0v) is 12.1. The van der Waals surface area contributed by atoms with E-state index in [1.807, 2.05) is 0 Å². The molecule has 1 saturated heterocycles. The first kappa shape index (κ1) is 12.2. The van der Waals surface area contributed by atoms with Crippen LogP contribution in [0.3, 0.4) is 0 Å². The smallest absolute Gasteiger partial charge is 0.253 e. The van der Waals surface area contributed by atoms with Gasteiger partial charge in [0.15, 0.2) is 0 Å². The van der Waals surface area contributed by atoms with Gasteiger partial charge >= 0.3 is 0 Å². The predicted octanol–water partition coefficient (Wildman–Crippen LogP) is 3.27. The molecule has 0 aromatic heterocycles. The second-order valence-corrected chi connectivity index (χ2v) is 9.85. The summed E-state index contributed by atoms with van der Waals surface area (Å²) in [6.07, 6.45) is 8.27. The third-order valence-corrected chi connectivity index (χ3v) is 7.25. The second-order valence-electron chi connectivity index (χ2n) is 4.92. The van der Waals surface area contributed by atoms with E-state index in [9.17, 15) is 0 Å².